The highest BCUT2D eigenvalue weighted by Gasteiger charge is 2.17. The van der Waals surface area contributed by atoms with E-state index in [1.807, 2.05) is 42.5 Å². The van der Waals surface area contributed by atoms with Gasteiger partial charge in [0.05, 0.1) is 31.5 Å². The van der Waals surface area contributed by atoms with Gasteiger partial charge in [-0.05, 0) is 35.4 Å². The number of nitrogens with zero attached hydrogens (tertiary/aromatic N) is 2. The van der Waals surface area contributed by atoms with E-state index in [1.54, 1.807) is 14.2 Å². The molecule has 0 spiro atoms. The average molecular weight is 330 g/mol. The van der Waals surface area contributed by atoms with E-state index in [1.165, 1.54) is 0 Å². The lowest BCUT2D eigenvalue weighted by molar-refractivity contribution is 0.354. The van der Waals surface area contributed by atoms with Crippen LogP contribution in [-0.2, 0) is 0 Å². The smallest absolute Gasteiger partial charge is 0.223 e. The molecule has 0 bridgehead atoms. The molecule has 1 aromatic heterocycles. The molecular weight excluding hydrogens is 314 g/mol. The molecule has 0 radical (unpaired) electrons. The Morgan fingerprint density at radius 2 is 1.74 bits per heavy atom. The fraction of sp³-hybridized carbons (Fsp3) is 0.176. The molecule has 0 saturated carbocycles. The first-order chi connectivity index (χ1) is 11.1. The van der Waals surface area contributed by atoms with Crippen molar-refractivity contribution in [1.29, 1.82) is 0 Å². The SMILES string of the molecule is COc1ccc(C(N)c2nc(Cl)nc3ccccc23)cc1OC. The summed E-state index contributed by atoms with van der Waals surface area (Å²) < 4.78 is 10.6. The second kappa shape index (κ2) is 6.40. The standard InChI is InChI=1S/C17H16ClN3O2/c1-22-13-8-7-10(9-14(13)23-2)15(19)16-11-5-3-4-6-12(11)20-17(18)21-16/h3-9,15H,19H2,1-2H3. The second-order valence-electron chi connectivity index (χ2n) is 4.99. The van der Waals surface area contributed by atoms with Crippen molar-refractivity contribution in [1.82, 2.24) is 9.97 Å². The number of fused-ring (bicyclic) bond motifs is 1. The highest BCUT2D eigenvalue weighted by atomic mass is 35.5. The molecule has 1 atom stereocenters. The fourth-order valence-electron chi connectivity index (χ4n) is 2.51. The van der Waals surface area contributed by atoms with Crippen molar-refractivity contribution < 1.29 is 9.47 Å². The number of benzene rings is 2. The predicted molar refractivity (Wildman–Crippen MR) is 90.1 cm³/mol. The van der Waals surface area contributed by atoms with E-state index in [0.29, 0.717) is 17.2 Å². The van der Waals surface area contributed by atoms with Gasteiger partial charge < -0.3 is 15.2 Å². The minimum Gasteiger partial charge on any atom is -0.493 e. The Labute approximate surface area is 139 Å². The van der Waals surface area contributed by atoms with Gasteiger partial charge in [-0.1, -0.05) is 24.3 Å². The first kappa shape index (κ1) is 15.5. The Balaban J connectivity index is 2.12. The number of ether oxygens (including phenoxy) is 2. The molecule has 3 aromatic rings. The molecule has 0 saturated heterocycles. The maximum absolute atomic E-state index is 6.42. The molecule has 1 heterocycles. The second-order valence-corrected chi connectivity index (χ2v) is 5.33. The van der Waals surface area contributed by atoms with Crippen LogP contribution in [0.1, 0.15) is 17.3 Å². The molecule has 0 aliphatic carbocycles. The molecule has 0 fully saturated rings. The summed E-state index contributed by atoms with van der Waals surface area (Å²) >= 11 is 6.04. The summed E-state index contributed by atoms with van der Waals surface area (Å²) in [5.41, 5.74) is 8.71. The van der Waals surface area contributed by atoms with Crippen LogP contribution in [0.3, 0.4) is 0 Å². The van der Waals surface area contributed by atoms with E-state index in [9.17, 15) is 0 Å². The van der Waals surface area contributed by atoms with E-state index in [-0.39, 0.29) is 5.28 Å². The van der Waals surface area contributed by atoms with Crippen molar-refractivity contribution in [3.8, 4) is 11.5 Å². The van der Waals surface area contributed by atoms with Gasteiger partial charge in [0.25, 0.3) is 0 Å². The molecule has 23 heavy (non-hydrogen) atoms. The zero-order chi connectivity index (χ0) is 16.4. The van der Waals surface area contributed by atoms with Crippen LogP contribution in [0.4, 0.5) is 0 Å². The third-order valence-electron chi connectivity index (χ3n) is 3.67. The number of para-hydroxylation sites is 1. The minimum absolute atomic E-state index is 0.176. The van der Waals surface area contributed by atoms with Crippen molar-refractivity contribution in [2.24, 2.45) is 5.73 Å². The minimum atomic E-state index is -0.458. The predicted octanol–water partition coefficient (Wildman–Crippen LogP) is 3.35. The maximum Gasteiger partial charge on any atom is 0.223 e. The summed E-state index contributed by atoms with van der Waals surface area (Å²) in [7, 11) is 3.18. The zero-order valence-electron chi connectivity index (χ0n) is 12.8. The van der Waals surface area contributed by atoms with E-state index in [0.717, 1.165) is 16.5 Å². The molecule has 2 aromatic carbocycles. The Bertz CT molecular complexity index is 854. The van der Waals surface area contributed by atoms with Crippen LogP contribution >= 0.6 is 11.6 Å². The number of nitrogens with two attached hydrogens (primary N) is 1. The van der Waals surface area contributed by atoms with Crippen LogP contribution in [0.5, 0.6) is 11.5 Å². The lowest BCUT2D eigenvalue weighted by Gasteiger charge is -2.16. The number of hydrogen-bond acceptors (Lipinski definition) is 5. The first-order valence-corrected chi connectivity index (χ1v) is 7.41. The Kier molecular flexibility index (Phi) is 4.32. The highest BCUT2D eigenvalue weighted by molar-refractivity contribution is 6.28. The summed E-state index contributed by atoms with van der Waals surface area (Å²) in [6.07, 6.45) is 0. The van der Waals surface area contributed by atoms with E-state index in [4.69, 9.17) is 26.8 Å². The number of methoxy groups -OCH3 is 2. The number of aromatic nitrogens is 2. The number of rotatable bonds is 4. The fourth-order valence-corrected chi connectivity index (χ4v) is 2.70. The van der Waals surface area contributed by atoms with Gasteiger partial charge in [0, 0.05) is 5.39 Å². The van der Waals surface area contributed by atoms with Crippen LogP contribution in [0.25, 0.3) is 10.9 Å². The maximum atomic E-state index is 6.42. The normalized spacial score (nSPS) is 12.2. The van der Waals surface area contributed by atoms with Crippen molar-refractivity contribution in [3.05, 3.63) is 59.0 Å². The molecule has 6 heteroatoms. The van der Waals surface area contributed by atoms with E-state index < -0.39 is 6.04 Å². The third-order valence-corrected chi connectivity index (χ3v) is 3.84. The van der Waals surface area contributed by atoms with Crippen molar-refractivity contribution in [2.75, 3.05) is 14.2 Å². The largest absolute Gasteiger partial charge is 0.493 e. The summed E-state index contributed by atoms with van der Waals surface area (Å²) in [6, 6.07) is 12.7. The van der Waals surface area contributed by atoms with Crippen LogP contribution in [-0.4, -0.2) is 24.2 Å². The summed E-state index contributed by atoms with van der Waals surface area (Å²) in [5.74, 6) is 1.26. The topological polar surface area (TPSA) is 70.3 Å². The first-order valence-electron chi connectivity index (χ1n) is 7.03. The van der Waals surface area contributed by atoms with Crippen LogP contribution < -0.4 is 15.2 Å². The number of hydrogen-bond donors (Lipinski definition) is 1. The van der Waals surface area contributed by atoms with Gasteiger partial charge >= 0.3 is 0 Å². The summed E-state index contributed by atoms with van der Waals surface area (Å²) in [4.78, 5) is 8.56. The lowest BCUT2D eigenvalue weighted by Crippen LogP contribution is -2.15. The summed E-state index contributed by atoms with van der Waals surface area (Å²) in [6.45, 7) is 0. The van der Waals surface area contributed by atoms with Gasteiger partial charge in [0.2, 0.25) is 5.28 Å². The van der Waals surface area contributed by atoms with Crippen molar-refractivity contribution >= 4 is 22.5 Å². The van der Waals surface area contributed by atoms with Gasteiger partial charge in [-0.25, -0.2) is 9.97 Å². The van der Waals surface area contributed by atoms with Gasteiger partial charge in [-0.3, -0.25) is 0 Å². The van der Waals surface area contributed by atoms with E-state index >= 15 is 0 Å². The molecule has 0 aliphatic heterocycles. The molecule has 0 amide bonds. The third kappa shape index (κ3) is 2.93. The molecule has 2 N–H and O–H groups in total. The van der Waals surface area contributed by atoms with Crippen LogP contribution in [0.2, 0.25) is 5.28 Å². The zero-order valence-corrected chi connectivity index (χ0v) is 13.5. The molecule has 5 nitrogen and oxygen atoms in total. The van der Waals surface area contributed by atoms with Crippen molar-refractivity contribution in [2.45, 2.75) is 6.04 Å². The van der Waals surface area contributed by atoms with Gasteiger partial charge in [0.15, 0.2) is 11.5 Å². The van der Waals surface area contributed by atoms with E-state index in [2.05, 4.69) is 9.97 Å². The van der Waals surface area contributed by atoms with Gasteiger partial charge in [-0.2, -0.15) is 0 Å². The number of halogens is 1. The highest BCUT2D eigenvalue weighted by Crippen LogP contribution is 2.32. The molecule has 0 aliphatic rings. The van der Waals surface area contributed by atoms with Gasteiger partial charge in [0.1, 0.15) is 0 Å². The molecule has 1 unspecified atom stereocenters. The quantitative estimate of drug-likeness (QED) is 0.743. The Morgan fingerprint density at radius 1 is 1.00 bits per heavy atom. The Morgan fingerprint density at radius 3 is 2.48 bits per heavy atom. The summed E-state index contributed by atoms with van der Waals surface area (Å²) in [5, 5.41) is 1.05. The van der Waals surface area contributed by atoms with Crippen LogP contribution in [0.15, 0.2) is 42.5 Å². The van der Waals surface area contributed by atoms with Crippen molar-refractivity contribution in [3.63, 3.8) is 0 Å². The average Bonchev–Trinajstić information content (AvgIpc) is 2.59. The lowest BCUT2D eigenvalue weighted by atomic mass is 10.0. The molecular formula is C17H16ClN3O2. The van der Waals surface area contributed by atoms with Crippen LogP contribution in [0, 0.1) is 0 Å². The monoisotopic (exact) mass is 329 g/mol. The van der Waals surface area contributed by atoms with Gasteiger partial charge in [-0.15, -0.1) is 0 Å². The molecule has 118 valence electrons. The Hall–Kier alpha value is -2.37. The molecule has 3 rings (SSSR count).